The summed E-state index contributed by atoms with van der Waals surface area (Å²) in [5, 5.41) is 18.6. The van der Waals surface area contributed by atoms with Gasteiger partial charge in [0.15, 0.2) is 0 Å². The van der Waals surface area contributed by atoms with Gasteiger partial charge in [-0.3, -0.25) is 4.98 Å². The van der Waals surface area contributed by atoms with Gasteiger partial charge in [0, 0.05) is 44.1 Å². The number of nitrogens with zero attached hydrogens (tertiary/aromatic N) is 2. The summed E-state index contributed by atoms with van der Waals surface area (Å²) in [5.41, 5.74) is 5.57. The van der Waals surface area contributed by atoms with E-state index >= 15 is 0 Å². The summed E-state index contributed by atoms with van der Waals surface area (Å²) >= 11 is 0. The molecule has 12 aromatic rings. The Bertz CT molecular complexity index is 3580. The molecule has 0 spiro atoms. The molecule has 0 fully saturated rings. The Balaban J connectivity index is 1.26. The van der Waals surface area contributed by atoms with E-state index in [9.17, 15) is 0 Å². The van der Waals surface area contributed by atoms with E-state index in [0.29, 0.717) is 0 Å². The highest BCUT2D eigenvalue weighted by Gasteiger charge is 2.14. The maximum absolute atomic E-state index is 6.15. The fraction of sp³-hybridized carbons (Fsp3) is 0. The predicted molar refractivity (Wildman–Crippen MR) is 224 cm³/mol. The number of aromatic nitrogens is 2. The predicted octanol–water partition coefficient (Wildman–Crippen LogP) is 13.8. The average Bonchev–Trinajstić information content (AvgIpc) is 3.60. The van der Waals surface area contributed by atoms with Gasteiger partial charge in [0.2, 0.25) is 0 Å². The van der Waals surface area contributed by atoms with Crippen molar-refractivity contribution in [2.75, 3.05) is 0 Å². The van der Waals surface area contributed by atoms with E-state index in [1.54, 1.807) is 0 Å². The Kier molecular flexibility index (Phi) is 5.77. The van der Waals surface area contributed by atoms with Crippen molar-refractivity contribution in [3.63, 3.8) is 0 Å². The Morgan fingerprint density at radius 3 is 1.85 bits per heavy atom. The molecule has 4 heterocycles. The van der Waals surface area contributed by atoms with Crippen molar-refractivity contribution in [2.45, 2.75) is 0 Å². The minimum atomic E-state index is 0.874. The highest BCUT2D eigenvalue weighted by atomic mass is 16.3. The Labute approximate surface area is 303 Å². The van der Waals surface area contributed by atoms with Gasteiger partial charge in [-0.05, 0) is 108 Å². The van der Waals surface area contributed by atoms with Crippen LogP contribution in [0.1, 0.15) is 0 Å². The number of furan rings is 1. The van der Waals surface area contributed by atoms with Crippen LogP contribution in [0.3, 0.4) is 0 Å². The van der Waals surface area contributed by atoms with Crippen LogP contribution in [0, 0.1) is 0 Å². The number of para-hydroxylation sites is 1. The first-order valence-corrected chi connectivity index (χ1v) is 18.0. The van der Waals surface area contributed by atoms with E-state index in [4.69, 9.17) is 14.4 Å². The minimum absolute atomic E-state index is 0.874. The first kappa shape index (κ1) is 28.6. The minimum Gasteiger partial charge on any atom is -0.456 e. The lowest BCUT2D eigenvalue weighted by molar-refractivity contribution is 0.669. The molecule has 0 amide bonds. The summed E-state index contributed by atoms with van der Waals surface area (Å²) in [4.78, 5) is 10.7. The molecule has 53 heavy (non-hydrogen) atoms. The number of benzene rings is 8. The second-order valence-corrected chi connectivity index (χ2v) is 14.2. The van der Waals surface area contributed by atoms with E-state index in [-0.39, 0.29) is 0 Å². The van der Waals surface area contributed by atoms with Gasteiger partial charge in [-0.1, -0.05) is 109 Å². The molecule has 0 atom stereocenters. The van der Waals surface area contributed by atoms with Crippen LogP contribution in [0.5, 0.6) is 0 Å². The van der Waals surface area contributed by atoms with Crippen LogP contribution >= 0.6 is 0 Å². The second kappa shape index (κ2) is 10.7. The van der Waals surface area contributed by atoms with Crippen molar-refractivity contribution < 1.29 is 4.42 Å². The zero-order chi connectivity index (χ0) is 34.6. The van der Waals surface area contributed by atoms with Gasteiger partial charge >= 0.3 is 0 Å². The van der Waals surface area contributed by atoms with Crippen LogP contribution in [0.4, 0.5) is 0 Å². The van der Waals surface area contributed by atoms with Crippen molar-refractivity contribution >= 4 is 108 Å². The molecule has 0 N–H and O–H groups in total. The molecular formula is C50H28N2O. The highest BCUT2D eigenvalue weighted by Crippen LogP contribution is 2.40. The first-order chi connectivity index (χ1) is 26.2. The summed E-state index contributed by atoms with van der Waals surface area (Å²) in [6, 6.07) is 59.1. The molecule has 0 aliphatic carbocycles. The molecule has 12 rings (SSSR count). The number of fused-ring (bicyclic) bond motifs is 19. The van der Waals surface area contributed by atoms with Gasteiger partial charge in [-0.25, -0.2) is 4.98 Å². The van der Waals surface area contributed by atoms with E-state index in [2.05, 4.69) is 152 Å². The summed E-state index contributed by atoms with van der Waals surface area (Å²) < 4.78 is 6.15. The maximum Gasteiger partial charge on any atom is 0.135 e. The second-order valence-electron chi connectivity index (χ2n) is 14.2. The fourth-order valence-electron chi connectivity index (χ4n) is 8.67. The SMILES string of the molecule is c1cc2cc(c1)c1ccc3c4ccccc4c4cccc(c5cc6cnc(-c7ccc8oc9ccccc9c8c7)cc6c(n5)c5cccc2c5)c4c3c1. The van der Waals surface area contributed by atoms with Crippen LogP contribution in [0.15, 0.2) is 174 Å². The Morgan fingerprint density at radius 2 is 1.00 bits per heavy atom. The zero-order valence-electron chi connectivity index (χ0n) is 28.5. The third kappa shape index (κ3) is 4.22. The van der Waals surface area contributed by atoms with Crippen LogP contribution < -0.4 is 0 Å². The standard InChI is InChI=1S/C50H28N2O/c1-2-13-37-36(12-1)38-20-18-32-24-44(38)49-40(37)15-7-16-41(49)46-26-35-28-51-45(33-19-21-48-43(25-33)39-14-3-4-17-47(39)53-48)27-42(35)50(52-46)34-11-6-10-31(23-34)29-8-5-9-30(32)22-29/h1-28H. The molecule has 0 saturated carbocycles. The number of hydrogen-bond acceptors (Lipinski definition) is 3. The smallest absolute Gasteiger partial charge is 0.135 e. The van der Waals surface area contributed by atoms with Gasteiger partial charge in [-0.2, -0.15) is 0 Å². The van der Waals surface area contributed by atoms with Crippen LogP contribution in [0.2, 0.25) is 0 Å². The largest absolute Gasteiger partial charge is 0.456 e. The van der Waals surface area contributed by atoms with Crippen LogP contribution in [-0.4, -0.2) is 9.97 Å². The van der Waals surface area contributed by atoms with Crippen molar-refractivity contribution in [3.8, 4) is 11.3 Å². The molecule has 4 aromatic heterocycles. The van der Waals surface area contributed by atoms with Crippen LogP contribution in [-0.2, 0) is 0 Å². The zero-order valence-corrected chi connectivity index (χ0v) is 28.5. The normalized spacial score (nSPS) is 12.2. The third-order valence-corrected chi connectivity index (χ3v) is 11.2. The Hall–Kier alpha value is -7.10. The fourth-order valence-corrected chi connectivity index (χ4v) is 8.67. The van der Waals surface area contributed by atoms with Crippen molar-refractivity contribution in [1.82, 2.24) is 9.97 Å². The van der Waals surface area contributed by atoms with Crippen molar-refractivity contribution in [2.24, 2.45) is 0 Å². The van der Waals surface area contributed by atoms with E-state index < -0.39 is 0 Å². The van der Waals surface area contributed by atoms with Gasteiger partial charge in [0.25, 0.3) is 0 Å². The van der Waals surface area contributed by atoms with Crippen LogP contribution in [0.25, 0.3) is 120 Å². The lowest BCUT2D eigenvalue weighted by atomic mass is 9.91. The topological polar surface area (TPSA) is 38.9 Å². The van der Waals surface area contributed by atoms with Crippen molar-refractivity contribution in [3.05, 3.63) is 170 Å². The van der Waals surface area contributed by atoms with Gasteiger partial charge < -0.3 is 4.42 Å². The summed E-state index contributed by atoms with van der Waals surface area (Å²) in [5.74, 6) is 0. The average molecular weight is 673 g/mol. The molecule has 0 aliphatic heterocycles. The molecule has 3 heteroatoms. The summed E-state index contributed by atoms with van der Waals surface area (Å²) in [6.07, 6.45) is 2.02. The summed E-state index contributed by atoms with van der Waals surface area (Å²) in [6.45, 7) is 0. The highest BCUT2D eigenvalue weighted by molar-refractivity contribution is 6.32. The van der Waals surface area contributed by atoms with Crippen molar-refractivity contribution in [1.29, 1.82) is 0 Å². The van der Waals surface area contributed by atoms with E-state index in [0.717, 1.165) is 71.2 Å². The monoisotopic (exact) mass is 672 g/mol. The molecule has 8 bridgehead atoms. The van der Waals surface area contributed by atoms with E-state index in [1.807, 2.05) is 18.3 Å². The van der Waals surface area contributed by atoms with Gasteiger partial charge in [-0.15, -0.1) is 0 Å². The third-order valence-electron chi connectivity index (χ3n) is 11.2. The molecule has 0 radical (unpaired) electrons. The summed E-state index contributed by atoms with van der Waals surface area (Å²) in [7, 11) is 0. The lowest BCUT2D eigenvalue weighted by Gasteiger charge is -2.13. The molecule has 244 valence electrons. The molecular weight excluding hydrogens is 645 g/mol. The van der Waals surface area contributed by atoms with Gasteiger partial charge in [0.05, 0.1) is 16.7 Å². The number of hydrogen-bond donors (Lipinski definition) is 0. The number of pyridine rings is 2. The molecule has 8 aromatic carbocycles. The molecule has 3 nitrogen and oxygen atoms in total. The van der Waals surface area contributed by atoms with Gasteiger partial charge in [0.1, 0.15) is 11.2 Å². The number of rotatable bonds is 1. The Morgan fingerprint density at radius 1 is 0.358 bits per heavy atom. The lowest BCUT2D eigenvalue weighted by Crippen LogP contribution is -1.89. The molecule has 0 unspecified atom stereocenters. The maximum atomic E-state index is 6.15. The molecule has 0 aliphatic rings. The van der Waals surface area contributed by atoms with E-state index in [1.165, 1.54) is 48.5 Å². The first-order valence-electron chi connectivity index (χ1n) is 18.0. The molecule has 0 saturated heterocycles. The quantitative estimate of drug-likeness (QED) is 0.163.